The van der Waals surface area contributed by atoms with E-state index in [2.05, 4.69) is 4.98 Å². The van der Waals surface area contributed by atoms with Crippen LogP contribution in [0.5, 0.6) is 5.75 Å². The lowest BCUT2D eigenvalue weighted by Gasteiger charge is -2.19. The lowest BCUT2D eigenvalue weighted by atomic mass is 9.97. The Morgan fingerprint density at radius 2 is 1.94 bits per heavy atom. The van der Waals surface area contributed by atoms with E-state index in [1.54, 1.807) is 0 Å². The zero-order chi connectivity index (χ0) is 13.5. The molecule has 0 aliphatic carbocycles. The summed E-state index contributed by atoms with van der Waals surface area (Å²) in [5, 5.41) is 9.74. The van der Waals surface area contributed by atoms with Crippen LogP contribution in [0, 0.1) is 5.41 Å². The molecule has 2 rings (SSSR count). The SMILES string of the molecule is CC(C)(C)Cn1c(=O)[nH]c2cc(O)ccc2c1=O. The summed E-state index contributed by atoms with van der Waals surface area (Å²) in [7, 11) is 0. The first kappa shape index (κ1) is 12.4. The molecule has 0 bridgehead atoms. The van der Waals surface area contributed by atoms with E-state index >= 15 is 0 Å². The van der Waals surface area contributed by atoms with Crippen LogP contribution in [0.1, 0.15) is 20.8 Å². The Labute approximate surface area is 104 Å². The van der Waals surface area contributed by atoms with Gasteiger partial charge in [-0.1, -0.05) is 20.8 Å². The predicted molar refractivity (Wildman–Crippen MR) is 69.9 cm³/mol. The van der Waals surface area contributed by atoms with Gasteiger partial charge in [0, 0.05) is 12.6 Å². The van der Waals surface area contributed by atoms with Gasteiger partial charge >= 0.3 is 5.69 Å². The Hall–Kier alpha value is -2.04. The first-order chi connectivity index (χ1) is 8.28. The fourth-order valence-electron chi connectivity index (χ4n) is 1.86. The van der Waals surface area contributed by atoms with Crippen molar-refractivity contribution >= 4 is 10.9 Å². The summed E-state index contributed by atoms with van der Waals surface area (Å²) in [6, 6.07) is 4.32. The van der Waals surface area contributed by atoms with E-state index in [9.17, 15) is 14.7 Å². The summed E-state index contributed by atoms with van der Waals surface area (Å²) < 4.78 is 1.19. The molecule has 0 radical (unpaired) electrons. The minimum Gasteiger partial charge on any atom is -0.508 e. The number of phenolic OH excluding ortho intramolecular Hbond substituents is 1. The van der Waals surface area contributed by atoms with E-state index in [1.807, 2.05) is 20.8 Å². The van der Waals surface area contributed by atoms with Crippen molar-refractivity contribution in [2.75, 3.05) is 0 Å². The number of hydrogen-bond acceptors (Lipinski definition) is 3. The topological polar surface area (TPSA) is 75.1 Å². The predicted octanol–water partition coefficient (Wildman–Crippen LogP) is 1.44. The number of aromatic amines is 1. The van der Waals surface area contributed by atoms with Gasteiger partial charge in [-0.2, -0.15) is 0 Å². The van der Waals surface area contributed by atoms with Gasteiger partial charge in [0.15, 0.2) is 0 Å². The van der Waals surface area contributed by atoms with E-state index in [4.69, 9.17) is 0 Å². The molecule has 0 unspecified atom stereocenters. The molecule has 0 spiro atoms. The molecule has 2 N–H and O–H groups in total. The van der Waals surface area contributed by atoms with Gasteiger partial charge < -0.3 is 10.1 Å². The normalized spacial score (nSPS) is 11.9. The number of aromatic nitrogens is 2. The summed E-state index contributed by atoms with van der Waals surface area (Å²) in [6.45, 7) is 6.22. The fraction of sp³-hybridized carbons (Fsp3) is 0.385. The molecule has 0 saturated heterocycles. The molecule has 0 aliphatic rings. The van der Waals surface area contributed by atoms with Crippen molar-refractivity contribution in [3.63, 3.8) is 0 Å². The summed E-state index contributed by atoms with van der Waals surface area (Å²) in [5.41, 5.74) is -0.589. The van der Waals surface area contributed by atoms with Gasteiger partial charge in [0.25, 0.3) is 5.56 Å². The van der Waals surface area contributed by atoms with Crippen LogP contribution in [0.2, 0.25) is 0 Å². The summed E-state index contributed by atoms with van der Waals surface area (Å²) in [4.78, 5) is 26.7. The molecular formula is C13H16N2O3. The van der Waals surface area contributed by atoms with Crippen LogP contribution in [0.15, 0.2) is 27.8 Å². The van der Waals surface area contributed by atoms with Gasteiger partial charge in [-0.15, -0.1) is 0 Å². The molecule has 5 heteroatoms. The van der Waals surface area contributed by atoms with Crippen LogP contribution >= 0.6 is 0 Å². The molecule has 0 aliphatic heterocycles. The Morgan fingerprint density at radius 1 is 1.28 bits per heavy atom. The average molecular weight is 248 g/mol. The average Bonchev–Trinajstić information content (AvgIpc) is 2.22. The van der Waals surface area contributed by atoms with Crippen molar-refractivity contribution in [3.05, 3.63) is 39.0 Å². The summed E-state index contributed by atoms with van der Waals surface area (Å²) in [5.74, 6) is 0.0196. The molecule has 1 aromatic heterocycles. The summed E-state index contributed by atoms with van der Waals surface area (Å²) in [6.07, 6.45) is 0. The lowest BCUT2D eigenvalue weighted by molar-refractivity contribution is 0.332. The molecule has 0 fully saturated rings. The molecule has 5 nitrogen and oxygen atoms in total. The number of benzene rings is 1. The van der Waals surface area contributed by atoms with Crippen LogP contribution in [0.4, 0.5) is 0 Å². The second-order valence-corrected chi connectivity index (χ2v) is 5.61. The molecule has 1 heterocycles. The molecule has 1 aromatic carbocycles. The van der Waals surface area contributed by atoms with E-state index in [0.717, 1.165) is 0 Å². The lowest BCUT2D eigenvalue weighted by Crippen LogP contribution is -2.38. The van der Waals surface area contributed by atoms with Crippen molar-refractivity contribution in [1.29, 1.82) is 0 Å². The number of nitrogens with one attached hydrogen (secondary N) is 1. The van der Waals surface area contributed by atoms with Gasteiger partial charge in [-0.25, -0.2) is 4.79 Å². The zero-order valence-electron chi connectivity index (χ0n) is 10.7. The highest BCUT2D eigenvalue weighted by molar-refractivity contribution is 5.78. The third kappa shape index (κ3) is 2.30. The highest BCUT2D eigenvalue weighted by Gasteiger charge is 2.16. The maximum absolute atomic E-state index is 12.2. The minimum absolute atomic E-state index is 0.0196. The van der Waals surface area contributed by atoms with Gasteiger partial charge in [-0.05, 0) is 17.5 Å². The highest BCUT2D eigenvalue weighted by atomic mass is 16.3. The fourth-order valence-corrected chi connectivity index (χ4v) is 1.86. The number of rotatable bonds is 1. The van der Waals surface area contributed by atoms with Crippen molar-refractivity contribution in [3.8, 4) is 5.75 Å². The number of hydrogen-bond donors (Lipinski definition) is 2. The number of phenols is 1. The van der Waals surface area contributed by atoms with Crippen molar-refractivity contribution in [2.45, 2.75) is 27.3 Å². The van der Waals surface area contributed by atoms with Crippen LogP contribution in [0.25, 0.3) is 10.9 Å². The third-order valence-corrected chi connectivity index (χ3v) is 2.60. The van der Waals surface area contributed by atoms with Crippen LogP contribution < -0.4 is 11.2 Å². The molecule has 96 valence electrons. The van der Waals surface area contributed by atoms with Crippen molar-refractivity contribution < 1.29 is 5.11 Å². The third-order valence-electron chi connectivity index (χ3n) is 2.60. The standard InChI is InChI=1S/C13H16N2O3/c1-13(2,3)7-15-11(17)9-5-4-8(16)6-10(9)14-12(15)18/h4-6,16H,7H2,1-3H3,(H,14,18). The van der Waals surface area contributed by atoms with Crippen molar-refractivity contribution in [1.82, 2.24) is 9.55 Å². The van der Waals surface area contributed by atoms with Gasteiger partial charge in [0.05, 0.1) is 10.9 Å². The molecular weight excluding hydrogens is 232 g/mol. The van der Waals surface area contributed by atoms with Gasteiger partial charge in [-0.3, -0.25) is 9.36 Å². The Bertz CT molecular complexity index is 705. The van der Waals surface area contributed by atoms with Crippen LogP contribution in [-0.4, -0.2) is 14.7 Å². The Morgan fingerprint density at radius 3 is 2.56 bits per heavy atom. The maximum atomic E-state index is 12.2. The van der Waals surface area contributed by atoms with E-state index < -0.39 is 5.69 Å². The molecule has 2 aromatic rings. The Balaban J connectivity index is 2.74. The summed E-state index contributed by atoms with van der Waals surface area (Å²) >= 11 is 0. The zero-order valence-corrected chi connectivity index (χ0v) is 10.7. The maximum Gasteiger partial charge on any atom is 0.328 e. The highest BCUT2D eigenvalue weighted by Crippen LogP contribution is 2.16. The quantitative estimate of drug-likeness (QED) is 0.801. The van der Waals surface area contributed by atoms with E-state index in [-0.39, 0.29) is 16.7 Å². The molecule has 0 atom stereocenters. The smallest absolute Gasteiger partial charge is 0.328 e. The second-order valence-electron chi connectivity index (χ2n) is 5.61. The second kappa shape index (κ2) is 4.01. The number of H-pyrrole nitrogens is 1. The van der Waals surface area contributed by atoms with E-state index in [1.165, 1.54) is 22.8 Å². The molecule has 0 amide bonds. The van der Waals surface area contributed by atoms with Gasteiger partial charge in [0.2, 0.25) is 0 Å². The number of fused-ring (bicyclic) bond motifs is 1. The first-order valence-corrected chi connectivity index (χ1v) is 5.74. The van der Waals surface area contributed by atoms with Crippen LogP contribution in [-0.2, 0) is 6.54 Å². The molecule has 0 saturated carbocycles. The van der Waals surface area contributed by atoms with E-state index in [0.29, 0.717) is 17.4 Å². The monoisotopic (exact) mass is 248 g/mol. The first-order valence-electron chi connectivity index (χ1n) is 5.74. The largest absolute Gasteiger partial charge is 0.508 e. The molecule has 18 heavy (non-hydrogen) atoms. The van der Waals surface area contributed by atoms with Crippen molar-refractivity contribution in [2.24, 2.45) is 5.41 Å². The minimum atomic E-state index is -0.451. The van der Waals surface area contributed by atoms with Crippen LogP contribution in [0.3, 0.4) is 0 Å². The number of nitrogens with zero attached hydrogens (tertiary/aromatic N) is 1. The van der Waals surface area contributed by atoms with Gasteiger partial charge in [0.1, 0.15) is 5.75 Å². The Kier molecular flexibility index (Phi) is 2.77. The number of aromatic hydroxyl groups is 1.